The average molecular weight is 180 g/mol. The maximum atomic E-state index is 13.3. The van der Waals surface area contributed by atoms with Crippen molar-refractivity contribution in [3.8, 4) is 0 Å². The predicted octanol–water partition coefficient (Wildman–Crippen LogP) is 1.25. The van der Waals surface area contributed by atoms with Crippen LogP contribution in [0.3, 0.4) is 0 Å². The molecule has 0 spiro atoms. The molecule has 1 aromatic heterocycles. The van der Waals surface area contributed by atoms with Gasteiger partial charge in [0.25, 0.3) is 0 Å². The van der Waals surface area contributed by atoms with Gasteiger partial charge in [-0.2, -0.15) is 0 Å². The second kappa shape index (κ2) is 3.02. The first-order valence-electron chi connectivity index (χ1n) is 3.86. The number of hydrogen-bond acceptors (Lipinski definition) is 3. The molecule has 68 valence electrons. The maximum Gasteiger partial charge on any atom is 0.153 e. The summed E-state index contributed by atoms with van der Waals surface area (Å²) in [6, 6.07) is 3.17. The van der Waals surface area contributed by atoms with Gasteiger partial charge in [-0.25, -0.2) is 14.8 Å². The van der Waals surface area contributed by atoms with Gasteiger partial charge in [0, 0.05) is 13.1 Å². The highest BCUT2D eigenvalue weighted by molar-refractivity contribution is 5.79. The number of hydrogen-bond donors (Lipinski definition) is 3. The van der Waals surface area contributed by atoms with E-state index < -0.39 is 0 Å². The van der Waals surface area contributed by atoms with Crippen LogP contribution in [0.2, 0.25) is 0 Å². The Bertz CT molecular complexity index is 423. The second-order valence-electron chi connectivity index (χ2n) is 2.63. The van der Waals surface area contributed by atoms with E-state index >= 15 is 0 Å². The number of fused-ring (bicyclic) bond motifs is 1. The van der Waals surface area contributed by atoms with Crippen LogP contribution < -0.4 is 10.9 Å². The lowest BCUT2D eigenvalue weighted by Gasteiger charge is -2.03. The first kappa shape index (κ1) is 8.00. The van der Waals surface area contributed by atoms with Crippen molar-refractivity contribution >= 4 is 16.7 Å². The summed E-state index contributed by atoms with van der Waals surface area (Å²) in [6.45, 7) is 0. The third-order valence-corrected chi connectivity index (χ3v) is 1.75. The fourth-order valence-electron chi connectivity index (χ4n) is 1.22. The summed E-state index contributed by atoms with van der Waals surface area (Å²) in [5.41, 5.74) is 7.21. The number of nitrogens with zero attached hydrogens (tertiary/aromatic N) is 1. The molecule has 5 heteroatoms. The van der Waals surface area contributed by atoms with Crippen LogP contribution in [0.25, 0.3) is 11.0 Å². The molecule has 0 amide bonds. The van der Waals surface area contributed by atoms with E-state index in [2.05, 4.69) is 20.8 Å². The molecule has 0 bridgehead atoms. The SMILES string of the molecule is CNNc1cc(F)c2nc[nH]c2c1. The summed E-state index contributed by atoms with van der Waals surface area (Å²) in [7, 11) is 1.72. The molecule has 0 fully saturated rings. The lowest BCUT2D eigenvalue weighted by Crippen LogP contribution is -2.14. The molecule has 0 aliphatic carbocycles. The van der Waals surface area contributed by atoms with Crippen LogP contribution in [0.5, 0.6) is 0 Å². The molecule has 13 heavy (non-hydrogen) atoms. The van der Waals surface area contributed by atoms with Gasteiger partial charge in [0.15, 0.2) is 5.82 Å². The smallest absolute Gasteiger partial charge is 0.153 e. The molecule has 2 aromatic rings. The monoisotopic (exact) mass is 180 g/mol. The fourth-order valence-corrected chi connectivity index (χ4v) is 1.22. The summed E-state index contributed by atoms with van der Waals surface area (Å²) < 4.78 is 13.3. The minimum Gasteiger partial charge on any atom is -0.344 e. The number of nitrogens with one attached hydrogen (secondary N) is 3. The van der Waals surface area contributed by atoms with E-state index in [9.17, 15) is 4.39 Å². The van der Waals surface area contributed by atoms with Gasteiger partial charge >= 0.3 is 0 Å². The molecule has 0 aliphatic heterocycles. The first-order chi connectivity index (χ1) is 6.31. The van der Waals surface area contributed by atoms with Crippen molar-refractivity contribution in [1.82, 2.24) is 15.4 Å². The Kier molecular flexibility index (Phi) is 1.86. The zero-order valence-corrected chi connectivity index (χ0v) is 7.06. The number of aromatic amines is 1. The predicted molar refractivity (Wildman–Crippen MR) is 48.7 cm³/mol. The number of rotatable bonds is 2. The van der Waals surface area contributed by atoms with E-state index in [0.717, 1.165) is 0 Å². The molecule has 3 N–H and O–H groups in total. The van der Waals surface area contributed by atoms with Gasteiger partial charge in [0.05, 0.1) is 17.5 Å². The molecule has 1 heterocycles. The Morgan fingerprint density at radius 1 is 1.46 bits per heavy atom. The standard InChI is InChI=1S/C8H9FN4/c1-10-13-5-2-6(9)8-7(3-5)11-4-12-8/h2-4,10,13H,1H3,(H,11,12). The van der Waals surface area contributed by atoms with Crippen molar-refractivity contribution in [3.05, 3.63) is 24.3 Å². The molecule has 0 aliphatic rings. The van der Waals surface area contributed by atoms with Crippen molar-refractivity contribution in [2.24, 2.45) is 0 Å². The summed E-state index contributed by atoms with van der Waals surface area (Å²) in [5, 5.41) is 0. The lowest BCUT2D eigenvalue weighted by molar-refractivity contribution is 0.637. The van der Waals surface area contributed by atoms with E-state index in [0.29, 0.717) is 16.7 Å². The lowest BCUT2D eigenvalue weighted by atomic mass is 10.2. The molecule has 4 nitrogen and oxygen atoms in total. The van der Waals surface area contributed by atoms with Crippen LogP contribution in [0, 0.1) is 5.82 Å². The molecule has 1 aromatic carbocycles. The fraction of sp³-hybridized carbons (Fsp3) is 0.125. The van der Waals surface area contributed by atoms with Gasteiger partial charge in [-0.1, -0.05) is 0 Å². The van der Waals surface area contributed by atoms with Crippen LogP contribution in [-0.2, 0) is 0 Å². The summed E-state index contributed by atoms with van der Waals surface area (Å²) in [6.07, 6.45) is 1.47. The van der Waals surface area contributed by atoms with Gasteiger partial charge in [0.1, 0.15) is 5.52 Å². The Labute approximate surface area is 74.1 Å². The minimum absolute atomic E-state index is 0.337. The topological polar surface area (TPSA) is 52.7 Å². The zero-order valence-electron chi connectivity index (χ0n) is 7.06. The van der Waals surface area contributed by atoms with Crippen molar-refractivity contribution in [2.45, 2.75) is 0 Å². The Hall–Kier alpha value is -1.62. The minimum atomic E-state index is -0.337. The first-order valence-corrected chi connectivity index (χ1v) is 3.86. The van der Waals surface area contributed by atoms with E-state index in [1.54, 1.807) is 13.1 Å². The highest BCUT2D eigenvalue weighted by Crippen LogP contribution is 2.18. The quantitative estimate of drug-likeness (QED) is 0.609. The van der Waals surface area contributed by atoms with E-state index in [4.69, 9.17) is 0 Å². The van der Waals surface area contributed by atoms with Crippen LogP contribution in [-0.4, -0.2) is 17.0 Å². The van der Waals surface area contributed by atoms with E-state index in [1.807, 2.05) is 0 Å². The van der Waals surface area contributed by atoms with Crippen LogP contribution >= 0.6 is 0 Å². The molecule has 0 unspecified atom stereocenters. The third-order valence-electron chi connectivity index (χ3n) is 1.75. The molecule has 2 rings (SSSR count). The van der Waals surface area contributed by atoms with Gasteiger partial charge in [0.2, 0.25) is 0 Å². The molecular formula is C8H9FN4. The number of halogens is 1. The third kappa shape index (κ3) is 1.33. The Morgan fingerprint density at radius 2 is 2.31 bits per heavy atom. The van der Waals surface area contributed by atoms with E-state index in [1.165, 1.54) is 12.4 Å². The van der Waals surface area contributed by atoms with Gasteiger partial charge < -0.3 is 10.4 Å². The van der Waals surface area contributed by atoms with Gasteiger partial charge in [-0.15, -0.1) is 0 Å². The summed E-state index contributed by atoms with van der Waals surface area (Å²) >= 11 is 0. The highest BCUT2D eigenvalue weighted by Gasteiger charge is 2.04. The number of imidazole rings is 1. The second-order valence-corrected chi connectivity index (χ2v) is 2.63. The molecule has 0 radical (unpaired) electrons. The number of hydrazine groups is 1. The van der Waals surface area contributed by atoms with Crippen molar-refractivity contribution in [1.29, 1.82) is 0 Å². The van der Waals surface area contributed by atoms with Crippen molar-refractivity contribution in [3.63, 3.8) is 0 Å². The molecule has 0 saturated carbocycles. The highest BCUT2D eigenvalue weighted by atomic mass is 19.1. The molecule has 0 atom stereocenters. The number of H-pyrrole nitrogens is 1. The number of benzene rings is 1. The average Bonchev–Trinajstić information content (AvgIpc) is 2.53. The Morgan fingerprint density at radius 3 is 3.08 bits per heavy atom. The normalized spacial score (nSPS) is 10.6. The van der Waals surface area contributed by atoms with Crippen LogP contribution in [0.4, 0.5) is 10.1 Å². The van der Waals surface area contributed by atoms with Crippen LogP contribution in [0.15, 0.2) is 18.5 Å². The summed E-state index contributed by atoms with van der Waals surface area (Å²) in [5.74, 6) is -0.337. The van der Waals surface area contributed by atoms with Crippen molar-refractivity contribution in [2.75, 3.05) is 12.5 Å². The molecule has 0 saturated heterocycles. The van der Waals surface area contributed by atoms with Crippen LogP contribution in [0.1, 0.15) is 0 Å². The largest absolute Gasteiger partial charge is 0.344 e. The number of aromatic nitrogens is 2. The summed E-state index contributed by atoms with van der Waals surface area (Å²) in [4.78, 5) is 6.68. The van der Waals surface area contributed by atoms with Crippen molar-refractivity contribution < 1.29 is 4.39 Å². The maximum absolute atomic E-state index is 13.3. The van der Waals surface area contributed by atoms with Gasteiger partial charge in [-0.3, -0.25) is 0 Å². The number of anilines is 1. The Balaban J connectivity index is 2.56. The zero-order chi connectivity index (χ0) is 9.26. The molecular weight excluding hydrogens is 171 g/mol. The van der Waals surface area contributed by atoms with E-state index in [-0.39, 0.29) is 5.82 Å². The van der Waals surface area contributed by atoms with Gasteiger partial charge in [-0.05, 0) is 6.07 Å².